The van der Waals surface area contributed by atoms with E-state index in [0.29, 0.717) is 24.1 Å². The molecule has 190 valence electrons. The van der Waals surface area contributed by atoms with E-state index in [0.717, 1.165) is 59.2 Å². The van der Waals surface area contributed by atoms with Crippen molar-refractivity contribution < 1.29 is 9.59 Å². The molecule has 6 heteroatoms. The van der Waals surface area contributed by atoms with Crippen LogP contribution in [0.2, 0.25) is 0 Å². The predicted octanol–water partition coefficient (Wildman–Crippen LogP) is 6.26. The van der Waals surface area contributed by atoms with E-state index in [9.17, 15) is 9.59 Å². The molecule has 0 aliphatic carbocycles. The first kappa shape index (κ1) is 24.8. The van der Waals surface area contributed by atoms with E-state index in [-0.39, 0.29) is 17.7 Å². The maximum Gasteiger partial charge on any atom is 0.258 e. The Morgan fingerprint density at radius 3 is 2.76 bits per heavy atom. The topological polar surface area (TPSA) is 77.2 Å². The van der Waals surface area contributed by atoms with Gasteiger partial charge in [-0.05, 0) is 98.8 Å². The molecule has 3 aromatic carbocycles. The molecule has 1 aliphatic rings. The van der Waals surface area contributed by atoms with Gasteiger partial charge in [0.05, 0.1) is 11.4 Å². The van der Waals surface area contributed by atoms with Crippen LogP contribution in [0, 0.1) is 0 Å². The smallest absolute Gasteiger partial charge is 0.258 e. The Kier molecular flexibility index (Phi) is 7.37. The summed E-state index contributed by atoms with van der Waals surface area (Å²) in [5.74, 6) is -0.0123. The van der Waals surface area contributed by atoms with Crippen molar-refractivity contribution in [3.63, 3.8) is 0 Å². The van der Waals surface area contributed by atoms with E-state index >= 15 is 0 Å². The molecular weight excluding hydrogens is 460 g/mol. The highest BCUT2D eigenvalue weighted by Crippen LogP contribution is 2.33. The largest absolute Gasteiger partial charge is 0.381 e. The highest BCUT2D eigenvalue weighted by molar-refractivity contribution is 6.11. The van der Waals surface area contributed by atoms with Crippen molar-refractivity contribution in [1.82, 2.24) is 10.3 Å². The lowest BCUT2D eigenvalue weighted by atomic mass is 9.92. The van der Waals surface area contributed by atoms with Crippen molar-refractivity contribution >= 4 is 34.0 Å². The molecule has 0 unspecified atom stereocenters. The number of benzene rings is 3. The van der Waals surface area contributed by atoms with E-state index in [1.807, 2.05) is 78.8 Å². The van der Waals surface area contributed by atoms with Crippen molar-refractivity contribution in [3.8, 4) is 11.1 Å². The predicted molar refractivity (Wildman–Crippen MR) is 152 cm³/mol. The molecule has 0 fully saturated rings. The van der Waals surface area contributed by atoms with Crippen LogP contribution in [0.5, 0.6) is 0 Å². The van der Waals surface area contributed by atoms with Crippen LogP contribution in [-0.2, 0) is 0 Å². The average Bonchev–Trinajstić information content (AvgIpc) is 3.32. The van der Waals surface area contributed by atoms with Crippen molar-refractivity contribution in [2.75, 3.05) is 30.4 Å². The second-order valence-corrected chi connectivity index (χ2v) is 9.83. The Hall–Kier alpha value is -3.90. The number of fused-ring (bicyclic) bond motifs is 2. The van der Waals surface area contributed by atoms with Gasteiger partial charge in [-0.3, -0.25) is 9.59 Å². The number of carbonyl (C=O) groups is 2. The molecule has 0 saturated heterocycles. The van der Waals surface area contributed by atoms with E-state index in [2.05, 4.69) is 28.6 Å². The van der Waals surface area contributed by atoms with Gasteiger partial charge in [-0.25, -0.2) is 0 Å². The van der Waals surface area contributed by atoms with E-state index in [1.165, 1.54) is 0 Å². The summed E-state index contributed by atoms with van der Waals surface area (Å²) in [4.78, 5) is 32.4. The molecule has 0 bridgehead atoms. The summed E-state index contributed by atoms with van der Waals surface area (Å²) >= 11 is 0. The monoisotopic (exact) mass is 494 g/mol. The van der Waals surface area contributed by atoms with Crippen molar-refractivity contribution in [3.05, 3.63) is 84.1 Å². The molecule has 6 nitrogen and oxygen atoms in total. The standard InChI is InChI=1S/C31H34N4O2/c1-21-15-18-35(29-8-4-3-7-28(29)34-21)31(37)24-10-12-25(22-11-13-27-23(19-22)14-17-33-27)26(20-24)30(36)9-5-6-16-32-2/h3-4,7-8,10-14,17,19-21,32-34H,5-6,9,15-16,18H2,1-2H3/t21-/m0/s1. The normalized spacial score (nSPS) is 15.2. The lowest BCUT2D eigenvalue weighted by molar-refractivity contribution is 0.0980. The van der Waals surface area contributed by atoms with Crippen LogP contribution in [0.4, 0.5) is 11.4 Å². The minimum Gasteiger partial charge on any atom is -0.381 e. The summed E-state index contributed by atoms with van der Waals surface area (Å²) in [6.07, 6.45) is 4.94. The zero-order valence-corrected chi connectivity index (χ0v) is 21.5. The number of ketones is 1. The first-order valence-corrected chi connectivity index (χ1v) is 13.1. The van der Waals surface area contributed by atoms with Crippen molar-refractivity contribution in [1.29, 1.82) is 0 Å². The Morgan fingerprint density at radius 2 is 1.89 bits per heavy atom. The van der Waals surface area contributed by atoms with Gasteiger partial charge in [-0.15, -0.1) is 0 Å². The van der Waals surface area contributed by atoms with Crippen LogP contribution in [0.3, 0.4) is 0 Å². The fraction of sp³-hybridized carbons (Fsp3) is 0.290. The van der Waals surface area contributed by atoms with E-state index < -0.39 is 0 Å². The van der Waals surface area contributed by atoms with Gasteiger partial charge in [-0.2, -0.15) is 0 Å². The van der Waals surface area contributed by atoms with E-state index in [4.69, 9.17) is 0 Å². The summed E-state index contributed by atoms with van der Waals surface area (Å²) in [7, 11) is 1.92. The van der Waals surface area contributed by atoms with Gasteiger partial charge in [0.25, 0.3) is 5.91 Å². The highest BCUT2D eigenvalue weighted by atomic mass is 16.2. The number of aromatic amines is 1. The number of H-pyrrole nitrogens is 1. The summed E-state index contributed by atoms with van der Waals surface area (Å²) in [6.45, 7) is 3.62. The number of nitrogens with zero attached hydrogens (tertiary/aromatic N) is 1. The molecule has 37 heavy (non-hydrogen) atoms. The summed E-state index contributed by atoms with van der Waals surface area (Å²) < 4.78 is 0. The molecule has 1 aromatic heterocycles. The van der Waals surface area contributed by atoms with Crippen LogP contribution in [0.1, 0.15) is 53.3 Å². The molecule has 0 radical (unpaired) electrons. The number of para-hydroxylation sites is 2. The molecule has 3 N–H and O–H groups in total. The molecule has 2 heterocycles. The number of hydrogen-bond donors (Lipinski definition) is 3. The molecule has 0 spiro atoms. The number of carbonyl (C=O) groups excluding carboxylic acids is 2. The lowest BCUT2D eigenvalue weighted by Gasteiger charge is -2.23. The zero-order valence-electron chi connectivity index (χ0n) is 21.5. The first-order chi connectivity index (χ1) is 18.0. The lowest BCUT2D eigenvalue weighted by Crippen LogP contribution is -2.32. The Morgan fingerprint density at radius 1 is 1.03 bits per heavy atom. The quantitative estimate of drug-likeness (QED) is 0.200. The SMILES string of the molecule is CNCCCCC(=O)c1cc(C(=O)N2CC[C@H](C)Nc3ccccc32)ccc1-c1ccc2[nH]ccc2c1. The van der Waals surface area contributed by atoms with Gasteiger partial charge in [0, 0.05) is 41.8 Å². The third-order valence-corrected chi connectivity index (χ3v) is 7.14. The first-order valence-electron chi connectivity index (χ1n) is 13.1. The number of nitrogens with one attached hydrogen (secondary N) is 3. The highest BCUT2D eigenvalue weighted by Gasteiger charge is 2.25. The molecule has 1 atom stereocenters. The third-order valence-electron chi connectivity index (χ3n) is 7.14. The van der Waals surface area contributed by atoms with E-state index in [1.54, 1.807) is 0 Å². The van der Waals surface area contributed by atoms with Gasteiger partial charge >= 0.3 is 0 Å². The Bertz CT molecular complexity index is 1420. The zero-order chi connectivity index (χ0) is 25.8. The molecule has 1 amide bonds. The molecule has 5 rings (SSSR count). The number of hydrogen-bond acceptors (Lipinski definition) is 4. The number of unbranched alkanes of at least 4 members (excludes halogenated alkanes) is 1. The second kappa shape index (κ2) is 11.0. The maximum atomic E-state index is 13.9. The van der Waals surface area contributed by atoms with Gasteiger partial charge < -0.3 is 20.5 Å². The fourth-order valence-corrected chi connectivity index (χ4v) is 5.08. The number of Topliss-reactive ketones (excluding diaryl/α,β-unsaturated/α-hetero) is 1. The van der Waals surface area contributed by atoms with Crippen molar-refractivity contribution in [2.45, 2.75) is 38.6 Å². The molecular formula is C31H34N4O2. The molecule has 4 aromatic rings. The Balaban J connectivity index is 1.52. The number of amides is 1. The van der Waals surface area contributed by atoms with Crippen LogP contribution in [0.15, 0.2) is 72.9 Å². The number of anilines is 2. The van der Waals surface area contributed by atoms with Gasteiger partial charge in [0.1, 0.15) is 0 Å². The van der Waals surface area contributed by atoms with Gasteiger partial charge in [0.2, 0.25) is 0 Å². The minimum atomic E-state index is -0.0831. The van der Waals surface area contributed by atoms with Crippen LogP contribution >= 0.6 is 0 Å². The summed E-state index contributed by atoms with van der Waals surface area (Å²) in [5.41, 5.74) is 5.87. The van der Waals surface area contributed by atoms with Crippen molar-refractivity contribution in [2.24, 2.45) is 0 Å². The van der Waals surface area contributed by atoms with Crippen LogP contribution in [0.25, 0.3) is 22.0 Å². The summed E-state index contributed by atoms with van der Waals surface area (Å²) in [5, 5.41) is 7.74. The van der Waals surface area contributed by atoms with Crippen LogP contribution < -0.4 is 15.5 Å². The number of rotatable bonds is 8. The van der Waals surface area contributed by atoms with Gasteiger partial charge in [-0.1, -0.05) is 24.3 Å². The number of aromatic nitrogens is 1. The summed E-state index contributed by atoms with van der Waals surface area (Å²) in [6, 6.07) is 22.0. The minimum absolute atomic E-state index is 0.0708. The molecule has 0 saturated carbocycles. The third kappa shape index (κ3) is 5.30. The molecule has 1 aliphatic heterocycles. The van der Waals surface area contributed by atoms with Gasteiger partial charge in [0.15, 0.2) is 5.78 Å². The Labute approximate surface area is 218 Å². The maximum absolute atomic E-state index is 13.9. The van der Waals surface area contributed by atoms with Crippen LogP contribution in [-0.4, -0.2) is 42.9 Å². The average molecular weight is 495 g/mol. The second-order valence-electron chi connectivity index (χ2n) is 9.83. The fourth-order valence-electron chi connectivity index (χ4n) is 5.08.